The summed E-state index contributed by atoms with van der Waals surface area (Å²) in [6.45, 7) is 1.82. The van der Waals surface area contributed by atoms with Gasteiger partial charge < -0.3 is 15.6 Å². The maximum atomic E-state index is 10.6. The largest absolute Gasteiger partial charge is 0.436 e. The molecule has 0 aromatic rings. The Morgan fingerprint density at radius 1 is 1.69 bits per heavy atom. The van der Waals surface area contributed by atoms with Crippen LogP contribution in [0.1, 0.15) is 13.3 Å². The van der Waals surface area contributed by atoms with Crippen LogP contribution in [0, 0.1) is 0 Å². The zero-order valence-electron chi connectivity index (χ0n) is 7.43. The second kappa shape index (κ2) is 3.62. The van der Waals surface area contributed by atoms with E-state index in [1.54, 1.807) is 24.3 Å². The fourth-order valence-corrected chi connectivity index (χ4v) is 1.33. The first-order valence-electron chi connectivity index (χ1n) is 4.13. The van der Waals surface area contributed by atoms with Gasteiger partial charge in [-0.3, -0.25) is 0 Å². The smallest absolute Gasteiger partial charge is 0.405 e. The van der Waals surface area contributed by atoms with Crippen LogP contribution in [0.5, 0.6) is 0 Å². The van der Waals surface area contributed by atoms with Gasteiger partial charge in [-0.25, -0.2) is 4.79 Å². The van der Waals surface area contributed by atoms with Gasteiger partial charge >= 0.3 is 6.09 Å². The lowest BCUT2D eigenvalue weighted by Crippen LogP contribution is -2.45. The van der Waals surface area contributed by atoms with Crippen LogP contribution >= 0.6 is 0 Å². The first-order chi connectivity index (χ1) is 6.10. The normalized spacial score (nSPS) is 31.7. The van der Waals surface area contributed by atoms with Crippen LogP contribution in [0.4, 0.5) is 4.79 Å². The summed E-state index contributed by atoms with van der Waals surface area (Å²) in [5, 5.41) is 9.60. The molecule has 4 nitrogen and oxygen atoms in total. The van der Waals surface area contributed by atoms with Crippen molar-refractivity contribution in [3.8, 4) is 0 Å². The Morgan fingerprint density at radius 3 is 2.85 bits per heavy atom. The molecule has 1 aliphatic carbocycles. The molecule has 3 N–H and O–H groups in total. The predicted octanol–water partition coefficient (Wildman–Crippen LogP) is 0.717. The fourth-order valence-electron chi connectivity index (χ4n) is 1.33. The minimum atomic E-state index is -0.986. The molecule has 0 saturated carbocycles. The molecule has 0 aliphatic heterocycles. The average molecular weight is 183 g/mol. The van der Waals surface area contributed by atoms with Crippen molar-refractivity contribution in [1.29, 1.82) is 0 Å². The Balaban J connectivity index is 2.85. The highest BCUT2D eigenvalue weighted by atomic mass is 16.6. The molecule has 2 atom stereocenters. The van der Waals surface area contributed by atoms with Gasteiger partial charge in [0.2, 0.25) is 0 Å². The van der Waals surface area contributed by atoms with E-state index in [2.05, 4.69) is 0 Å². The fraction of sp³-hybridized carbons (Fsp3) is 0.444. The molecule has 1 rings (SSSR count). The van der Waals surface area contributed by atoms with Crippen LogP contribution in [0.25, 0.3) is 0 Å². The third kappa shape index (κ3) is 1.89. The molecule has 0 radical (unpaired) electrons. The first kappa shape index (κ1) is 9.80. The molecule has 0 aromatic carbocycles. The van der Waals surface area contributed by atoms with Gasteiger partial charge in [0, 0.05) is 0 Å². The third-order valence-corrected chi connectivity index (χ3v) is 2.13. The molecule has 0 saturated heterocycles. The number of amides is 1. The lowest BCUT2D eigenvalue weighted by molar-refractivity contribution is -0.0284. The van der Waals surface area contributed by atoms with E-state index in [0.29, 0.717) is 6.42 Å². The quantitative estimate of drug-likeness (QED) is 0.662. The van der Waals surface area contributed by atoms with E-state index >= 15 is 0 Å². The van der Waals surface area contributed by atoms with Gasteiger partial charge in [0.15, 0.2) is 5.60 Å². The number of hydrogen-bond donors (Lipinski definition) is 2. The average Bonchev–Trinajstić information content (AvgIpc) is 2.08. The summed E-state index contributed by atoms with van der Waals surface area (Å²) in [5.41, 5.74) is 3.93. The molecule has 0 heterocycles. The Labute approximate surface area is 76.7 Å². The van der Waals surface area contributed by atoms with Gasteiger partial charge in [-0.2, -0.15) is 0 Å². The van der Waals surface area contributed by atoms with Crippen molar-refractivity contribution in [3.63, 3.8) is 0 Å². The maximum Gasteiger partial charge on any atom is 0.405 e. The van der Waals surface area contributed by atoms with Crippen molar-refractivity contribution < 1.29 is 14.6 Å². The third-order valence-electron chi connectivity index (χ3n) is 2.13. The van der Waals surface area contributed by atoms with Crippen molar-refractivity contribution >= 4 is 6.09 Å². The van der Waals surface area contributed by atoms with Gasteiger partial charge in [0.05, 0.1) is 0 Å². The second-order valence-corrected chi connectivity index (χ2v) is 2.92. The highest BCUT2D eigenvalue weighted by Crippen LogP contribution is 2.26. The van der Waals surface area contributed by atoms with E-state index in [0.717, 1.165) is 0 Å². The lowest BCUT2D eigenvalue weighted by atomic mass is 9.89. The molecular formula is C9H13NO3. The highest BCUT2D eigenvalue weighted by Gasteiger charge is 2.37. The van der Waals surface area contributed by atoms with Crippen LogP contribution in [0.2, 0.25) is 0 Å². The number of rotatable bonds is 2. The highest BCUT2D eigenvalue weighted by molar-refractivity contribution is 5.65. The molecule has 4 heteroatoms. The summed E-state index contributed by atoms with van der Waals surface area (Å²) >= 11 is 0. The molecule has 13 heavy (non-hydrogen) atoms. The molecule has 0 aromatic heterocycles. The maximum absolute atomic E-state index is 10.6. The monoisotopic (exact) mass is 183 g/mol. The number of aliphatic hydroxyl groups excluding tert-OH is 1. The zero-order chi connectivity index (χ0) is 9.90. The van der Waals surface area contributed by atoms with E-state index in [1.165, 1.54) is 0 Å². The lowest BCUT2D eigenvalue weighted by Gasteiger charge is -2.33. The number of aliphatic hydroxyl groups is 1. The van der Waals surface area contributed by atoms with E-state index in [9.17, 15) is 9.90 Å². The number of ether oxygens (including phenoxy) is 1. The zero-order valence-corrected chi connectivity index (χ0v) is 7.43. The molecular weight excluding hydrogens is 170 g/mol. The molecule has 1 amide bonds. The minimum Gasteiger partial charge on any atom is -0.436 e. The summed E-state index contributed by atoms with van der Waals surface area (Å²) in [6.07, 6.45) is 5.41. The Morgan fingerprint density at radius 2 is 2.38 bits per heavy atom. The summed E-state index contributed by atoms with van der Waals surface area (Å²) in [7, 11) is 0. The van der Waals surface area contributed by atoms with Crippen LogP contribution in [-0.4, -0.2) is 22.9 Å². The van der Waals surface area contributed by atoms with E-state index in [4.69, 9.17) is 10.5 Å². The number of hydrogen-bond acceptors (Lipinski definition) is 3. The number of nitrogens with two attached hydrogens (primary N) is 1. The van der Waals surface area contributed by atoms with Crippen molar-refractivity contribution in [2.45, 2.75) is 25.0 Å². The van der Waals surface area contributed by atoms with E-state index in [1.807, 2.05) is 6.92 Å². The van der Waals surface area contributed by atoms with Crippen LogP contribution in [-0.2, 0) is 4.74 Å². The molecule has 0 fully saturated rings. The van der Waals surface area contributed by atoms with Gasteiger partial charge in [-0.05, 0) is 12.5 Å². The number of primary amides is 1. The number of carbonyl (C=O) groups is 1. The standard InChI is InChI=1S/C9H13NO3/c1-2-9(13-8(10)12)6-4-3-5-7(9)11/h3-7,11H,2H2,1H3,(H2,10,12). The van der Waals surface area contributed by atoms with Crippen molar-refractivity contribution in [3.05, 3.63) is 24.3 Å². The van der Waals surface area contributed by atoms with Crippen LogP contribution < -0.4 is 5.73 Å². The molecule has 72 valence electrons. The summed E-state index contributed by atoms with van der Waals surface area (Å²) in [4.78, 5) is 10.6. The van der Waals surface area contributed by atoms with E-state index in [-0.39, 0.29) is 0 Å². The van der Waals surface area contributed by atoms with Gasteiger partial charge in [-0.15, -0.1) is 0 Å². The molecule has 0 spiro atoms. The van der Waals surface area contributed by atoms with Crippen LogP contribution in [0.15, 0.2) is 24.3 Å². The summed E-state index contributed by atoms with van der Waals surface area (Å²) in [6, 6.07) is 0. The predicted molar refractivity (Wildman–Crippen MR) is 48.0 cm³/mol. The SMILES string of the molecule is CCC1(OC(N)=O)C=CC=CC1O. The Bertz CT molecular complexity index is 260. The number of allylic oxidation sites excluding steroid dienone is 2. The van der Waals surface area contributed by atoms with Crippen molar-refractivity contribution in [2.75, 3.05) is 0 Å². The van der Waals surface area contributed by atoms with Crippen molar-refractivity contribution in [2.24, 2.45) is 5.73 Å². The first-order valence-corrected chi connectivity index (χ1v) is 4.13. The number of carbonyl (C=O) groups excluding carboxylic acids is 1. The second-order valence-electron chi connectivity index (χ2n) is 2.92. The van der Waals surface area contributed by atoms with Gasteiger partial charge in [0.1, 0.15) is 6.10 Å². The van der Waals surface area contributed by atoms with Crippen LogP contribution in [0.3, 0.4) is 0 Å². The molecule has 1 aliphatic rings. The van der Waals surface area contributed by atoms with E-state index < -0.39 is 17.8 Å². The van der Waals surface area contributed by atoms with Gasteiger partial charge in [0.25, 0.3) is 0 Å². The van der Waals surface area contributed by atoms with Crippen molar-refractivity contribution in [1.82, 2.24) is 0 Å². The Kier molecular flexibility index (Phi) is 2.72. The summed E-state index contributed by atoms with van der Waals surface area (Å²) in [5.74, 6) is 0. The molecule has 0 bridgehead atoms. The Hall–Kier alpha value is -1.29. The summed E-state index contributed by atoms with van der Waals surface area (Å²) < 4.78 is 4.89. The minimum absolute atomic E-state index is 0.484. The van der Waals surface area contributed by atoms with Gasteiger partial charge in [-0.1, -0.05) is 25.2 Å². The topological polar surface area (TPSA) is 72.5 Å². The molecule has 2 unspecified atom stereocenters.